The summed E-state index contributed by atoms with van der Waals surface area (Å²) in [4.78, 5) is 15.5. The second kappa shape index (κ2) is 3.99. The molecule has 0 bridgehead atoms. The molecule has 0 N–H and O–H groups in total. The van der Waals surface area contributed by atoms with Crippen LogP contribution in [0.3, 0.4) is 0 Å². The van der Waals surface area contributed by atoms with E-state index in [1.54, 1.807) is 18.3 Å². The van der Waals surface area contributed by atoms with Crippen molar-refractivity contribution in [2.45, 2.75) is 13.8 Å². The molecule has 0 aliphatic carbocycles. The van der Waals surface area contributed by atoms with E-state index in [-0.39, 0.29) is 11.7 Å². The summed E-state index contributed by atoms with van der Waals surface area (Å²) >= 11 is 0. The first kappa shape index (κ1) is 9.65. The van der Waals surface area contributed by atoms with Crippen LogP contribution in [0.5, 0.6) is 0 Å². The van der Waals surface area contributed by atoms with Crippen LogP contribution in [0, 0.1) is 5.92 Å². The van der Waals surface area contributed by atoms with Gasteiger partial charge >= 0.3 is 0 Å². The molecule has 0 unspecified atom stereocenters. The van der Waals surface area contributed by atoms with Crippen LogP contribution in [0.1, 0.15) is 29.9 Å². The van der Waals surface area contributed by atoms with E-state index in [0.29, 0.717) is 5.69 Å². The molecule has 1 rings (SSSR count). The minimum atomic E-state index is -0.00688. The van der Waals surface area contributed by atoms with Gasteiger partial charge in [0, 0.05) is 12.1 Å². The Kier molecular flexibility index (Phi) is 2.96. The lowest BCUT2D eigenvalue weighted by atomic mass is 10.0. The van der Waals surface area contributed by atoms with E-state index in [9.17, 15) is 4.79 Å². The average molecular weight is 175 g/mol. The van der Waals surface area contributed by atoms with Crippen LogP contribution in [-0.2, 0) is 0 Å². The fourth-order valence-electron chi connectivity index (χ4n) is 1.00. The van der Waals surface area contributed by atoms with Crippen molar-refractivity contribution in [3.8, 4) is 0 Å². The van der Waals surface area contributed by atoms with Crippen LogP contribution in [-0.4, -0.2) is 10.8 Å². The molecule has 0 saturated carbocycles. The van der Waals surface area contributed by atoms with Crippen LogP contribution in [0.2, 0.25) is 0 Å². The second-order valence-corrected chi connectivity index (χ2v) is 3.20. The number of rotatable bonds is 3. The van der Waals surface area contributed by atoms with Gasteiger partial charge in [-0.05, 0) is 17.7 Å². The predicted octanol–water partition coefficient (Wildman–Crippen LogP) is 2.56. The fourth-order valence-corrected chi connectivity index (χ4v) is 1.00. The smallest absolute Gasteiger partial charge is 0.183 e. The lowest BCUT2D eigenvalue weighted by Gasteiger charge is -2.03. The van der Waals surface area contributed by atoms with Gasteiger partial charge in [-0.15, -0.1) is 0 Å². The van der Waals surface area contributed by atoms with E-state index in [1.165, 1.54) is 0 Å². The highest BCUT2D eigenvalue weighted by Gasteiger charge is 2.11. The first-order valence-corrected chi connectivity index (χ1v) is 4.28. The molecule has 2 nitrogen and oxygen atoms in total. The average Bonchev–Trinajstić information content (AvgIpc) is 2.16. The van der Waals surface area contributed by atoms with Crippen molar-refractivity contribution in [1.29, 1.82) is 0 Å². The Morgan fingerprint density at radius 2 is 2.31 bits per heavy atom. The van der Waals surface area contributed by atoms with Crippen molar-refractivity contribution in [3.05, 3.63) is 36.2 Å². The standard InChI is InChI=1S/C11H13NO/c1-4-9-5-6-12-10(7-9)11(13)8(2)3/h4-8H,1H2,2-3H3. The lowest BCUT2D eigenvalue weighted by molar-refractivity contribution is 0.0934. The molecule has 0 amide bonds. The van der Waals surface area contributed by atoms with Gasteiger partial charge in [0.15, 0.2) is 5.78 Å². The first-order chi connectivity index (χ1) is 6.15. The van der Waals surface area contributed by atoms with Gasteiger partial charge in [0.25, 0.3) is 0 Å². The summed E-state index contributed by atoms with van der Waals surface area (Å²) in [7, 11) is 0. The number of nitrogens with zero attached hydrogens (tertiary/aromatic N) is 1. The Morgan fingerprint density at radius 3 is 2.85 bits per heavy atom. The minimum absolute atomic E-state index is 0.00688. The van der Waals surface area contributed by atoms with E-state index < -0.39 is 0 Å². The second-order valence-electron chi connectivity index (χ2n) is 3.20. The van der Waals surface area contributed by atoms with Gasteiger partial charge < -0.3 is 0 Å². The SMILES string of the molecule is C=Cc1ccnc(C(=O)C(C)C)c1. The number of ketones is 1. The van der Waals surface area contributed by atoms with Gasteiger partial charge in [-0.25, -0.2) is 0 Å². The van der Waals surface area contributed by atoms with Crippen LogP contribution < -0.4 is 0 Å². The molecule has 0 spiro atoms. The van der Waals surface area contributed by atoms with Gasteiger partial charge in [-0.3, -0.25) is 9.78 Å². The summed E-state index contributed by atoms with van der Waals surface area (Å²) in [6.07, 6.45) is 3.34. The minimum Gasteiger partial charge on any atom is -0.292 e. The van der Waals surface area contributed by atoms with Crippen molar-refractivity contribution < 1.29 is 4.79 Å². The highest BCUT2D eigenvalue weighted by atomic mass is 16.1. The molecule has 1 aromatic heterocycles. The fraction of sp³-hybridized carbons (Fsp3) is 0.273. The van der Waals surface area contributed by atoms with E-state index in [1.807, 2.05) is 19.9 Å². The third kappa shape index (κ3) is 2.25. The van der Waals surface area contributed by atoms with Crippen molar-refractivity contribution in [1.82, 2.24) is 4.98 Å². The van der Waals surface area contributed by atoms with Gasteiger partial charge in [-0.1, -0.05) is 26.5 Å². The normalized spacial score (nSPS) is 10.1. The number of hydrogen-bond acceptors (Lipinski definition) is 2. The molecule has 0 radical (unpaired) electrons. The highest BCUT2D eigenvalue weighted by molar-refractivity contribution is 5.96. The molecule has 0 aliphatic rings. The zero-order chi connectivity index (χ0) is 9.84. The van der Waals surface area contributed by atoms with E-state index >= 15 is 0 Å². The number of Topliss-reactive ketones (excluding diaryl/α,β-unsaturated/α-hetero) is 1. The van der Waals surface area contributed by atoms with Gasteiger partial charge in [-0.2, -0.15) is 0 Å². The summed E-state index contributed by atoms with van der Waals surface area (Å²) in [6.45, 7) is 7.37. The Morgan fingerprint density at radius 1 is 1.62 bits per heavy atom. The molecule has 0 atom stereocenters. The molecule has 0 aromatic carbocycles. The van der Waals surface area contributed by atoms with Crippen LogP contribution in [0.15, 0.2) is 24.9 Å². The topological polar surface area (TPSA) is 30.0 Å². The molecular weight excluding hydrogens is 162 g/mol. The molecule has 0 fully saturated rings. The largest absolute Gasteiger partial charge is 0.292 e. The molecule has 68 valence electrons. The van der Waals surface area contributed by atoms with E-state index in [4.69, 9.17) is 0 Å². The number of carbonyl (C=O) groups excluding carboxylic acids is 1. The monoisotopic (exact) mass is 175 g/mol. The predicted molar refractivity (Wildman–Crippen MR) is 53.5 cm³/mol. The molecule has 2 heteroatoms. The summed E-state index contributed by atoms with van der Waals surface area (Å²) in [6, 6.07) is 3.58. The number of aromatic nitrogens is 1. The van der Waals surface area contributed by atoms with Crippen molar-refractivity contribution in [2.24, 2.45) is 5.92 Å². The summed E-state index contributed by atoms with van der Waals surface area (Å²) in [5.41, 5.74) is 1.45. The third-order valence-electron chi connectivity index (χ3n) is 1.80. The molecule has 1 heterocycles. The van der Waals surface area contributed by atoms with Crippen LogP contribution >= 0.6 is 0 Å². The van der Waals surface area contributed by atoms with Crippen LogP contribution in [0.4, 0.5) is 0 Å². The summed E-state index contributed by atoms with van der Waals surface area (Å²) in [5, 5.41) is 0. The number of carbonyl (C=O) groups is 1. The van der Waals surface area contributed by atoms with Crippen molar-refractivity contribution >= 4 is 11.9 Å². The highest BCUT2D eigenvalue weighted by Crippen LogP contribution is 2.08. The van der Waals surface area contributed by atoms with Gasteiger partial charge in [0.2, 0.25) is 0 Å². The summed E-state index contributed by atoms with van der Waals surface area (Å²) in [5.74, 6) is 0.0660. The number of hydrogen-bond donors (Lipinski definition) is 0. The molecule has 0 saturated heterocycles. The van der Waals surface area contributed by atoms with Crippen LogP contribution in [0.25, 0.3) is 6.08 Å². The maximum absolute atomic E-state index is 11.5. The van der Waals surface area contributed by atoms with Crippen molar-refractivity contribution in [3.63, 3.8) is 0 Å². The maximum atomic E-state index is 11.5. The Bertz CT molecular complexity index is 329. The van der Waals surface area contributed by atoms with E-state index in [2.05, 4.69) is 11.6 Å². The Hall–Kier alpha value is -1.44. The quantitative estimate of drug-likeness (QED) is 0.661. The zero-order valence-corrected chi connectivity index (χ0v) is 7.95. The first-order valence-electron chi connectivity index (χ1n) is 4.28. The third-order valence-corrected chi connectivity index (χ3v) is 1.80. The number of pyridine rings is 1. The maximum Gasteiger partial charge on any atom is 0.183 e. The molecule has 13 heavy (non-hydrogen) atoms. The molecular formula is C11H13NO. The summed E-state index contributed by atoms with van der Waals surface area (Å²) < 4.78 is 0. The van der Waals surface area contributed by atoms with E-state index in [0.717, 1.165) is 5.56 Å². The van der Waals surface area contributed by atoms with Gasteiger partial charge in [0.1, 0.15) is 5.69 Å². The zero-order valence-electron chi connectivity index (χ0n) is 7.95. The van der Waals surface area contributed by atoms with Gasteiger partial charge in [0.05, 0.1) is 0 Å². The van der Waals surface area contributed by atoms with Crippen molar-refractivity contribution in [2.75, 3.05) is 0 Å². The molecule has 1 aromatic rings. The Balaban J connectivity index is 3.01. The lowest BCUT2D eigenvalue weighted by Crippen LogP contribution is -2.09. The molecule has 0 aliphatic heterocycles. The Labute approximate surface area is 78.3 Å².